The second kappa shape index (κ2) is 8.97. The van der Waals surface area contributed by atoms with Crippen LogP contribution in [0.2, 0.25) is 0 Å². The summed E-state index contributed by atoms with van der Waals surface area (Å²) in [6.07, 6.45) is 7.46. The van der Waals surface area contributed by atoms with Crippen LogP contribution in [-0.4, -0.2) is 48.6 Å². The number of aromatic nitrogens is 5. The number of benzene rings is 1. The van der Waals surface area contributed by atoms with Gasteiger partial charge in [0.2, 0.25) is 0 Å². The Balaban J connectivity index is 1.24. The third-order valence-electron chi connectivity index (χ3n) is 6.17. The normalized spacial score (nSPS) is 16.2. The van der Waals surface area contributed by atoms with Crippen molar-refractivity contribution < 1.29 is 9.32 Å². The fourth-order valence-electron chi connectivity index (χ4n) is 4.54. The van der Waals surface area contributed by atoms with Crippen molar-refractivity contribution in [2.75, 3.05) is 13.1 Å². The molecule has 3 aromatic heterocycles. The van der Waals surface area contributed by atoms with Crippen LogP contribution in [0.3, 0.4) is 0 Å². The third kappa shape index (κ3) is 4.41. The van der Waals surface area contributed by atoms with Crippen molar-refractivity contribution in [1.29, 1.82) is 0 Å². The number of nitrogens with zero attached hydrogens (tertiary/aromatic N) is 6. The summed E-state index contributed by atoms with van der Waals surface area (Å²) < 4.78 is 7.53. The maximum absolute atomic E-state index is 13.2. The van der Waals surface area contributed by atoms with Gasteiger partial charge in [0, 0.05) is 54.5 Å². The molecular weight excluding hydrogens is 416 g/mol. The molecule has 4 heterocycles. The minimum Gasteiger partial charge on any atom is -0.338 e. The fourth-order valence-corrected chi connectivity index (χ4v) is 4.54. The van der Waals surface area contributed by atoms with Gasteiger partial charge in [-0.05, 0) is 69.0 Å². The first kappa shape index (κ1) is 21.1. The summed E-state index contributed by atoms with van der Waals surface area (Å²) in [6, 6.07) is 12.1. The van der Waals surface area contributed by atoms with Gasteiger partial charge in [-0.2, -0.15) is 4.98 Å². The number of hydrogen-bond donors (Lipinski definition) is 0. The summed E-state index contributed by atoms with van der Waals surface area (Å²) >= 11 is 0. The van der Waals surface area contributed by atoms with Gasteiger partial charge in [0.1, 0.15) is 5.69 Å². The molecule has 168 valence electrons. The van der Waals surface area contributed by atoms with Crippen molar-refractivity contribution in [3.8, 4) is 17.3 Å². The lowest BCUT2D eigenvalue weighted by molar-refractivity contribution is 0.0672. The van der Waals surface area contributed by atoms with Crippen LogP contribution in [0.1, 0.15) is 40.4 Å². The zero-order valence-electron chi connectivity index (χ0n) is 18.8. The van der Waals surface area contributed by atoms with Crippen LogP contribution in [0.25, 0.3) is 17.3 Å². The maximum Gasteiger partial charge on any atom is 0.278 e. The molecule has 1 fully saturated rings. The molecule has 0 N–H and O–H groups in total. The first-order valence-electron chi connectivity index (χ1n) is 11.2. The highest BCUT2D eigenvalue weighted by Crippen LogP contribution is 2.23. The second-order valence-electron chi connectivity index (χ2n) is 8.57. The summed E-state index contributed by atoms with van der Waals surface area (Å²) in [6.45, 7) is 5.62. The predicted octanol–water partition coefficient (Wildman–Crippen LogP) is 4.03. The van der Waals surface area contributed by atoms with Crippen LogP contribution in [0.4, 0.5) is 0 Å². The number of likely N-dealkylation sites (tertiary alicyclic amines) is 1. The van der Waals surface area contributed by atoms with Gasteiger partial charge < -0.3 is 14.0 Å². The molecule has 8 heteroatoms. The molecule has 1 amide bonds. The highest BCUT2D eigenvalue weighted by Gasteiger charge is 2.26. The quantitative estimate of drug-likeness (QED) is 0.464. The Hall–Kier alpha value is -3.81. The molecule has 1 saturated heterocycles. The first-order chi connectivity index (χ1) is 16.1. The molecular formula is C25H26N6O2. The van der Waals surface area contributed by atoms with E-state index in [1.807, 2.05) is 29.2 Å². The first-order valence-corrected chi connectivity index (χ1v) is 11.2. The number of amides is 1. The standard InChI is InChI=1S/C25H26N6O2/c1-17-5-6-18(2)31(17)21-9-7-20(8-10-21)25(32)30-13-3-4-19(16-30)14-23-28-24(33-29-23)22-15-26-11-12-27-22/h5-12,15,19H,3-4,13-14,16H2,1-2H3. The van der Waals surface area contributed by atoms with Crippen molar-refractivity contribution in [2.24, 2.45) is 5.92 Å². The maximum atomic E-state index is 13.2. The van der Waals surface area contributed by atoms with Crippen molar-refractivity contribution in [2.45, 2.75) is 33.1 Å². The van der Waals surface area contributed by atoms with E-state index in [9.17, 15) is 4.79 Å². The summed E-state index contributed by atoms with van der Waals surface area (Å²) in [7, 11) is 0. The molecule has 0 aliphatic carbocycles. The lowest BCUT2D eigenvalue weighted by atomic mass is 9.94. The molecule has 4 aromatic rings. The molecule has 8 nitrogen and oxygen atoms in total. The van der Waals surface area contributed by atoms with Gasteiger partial charge in [-0.25, -0.2) is 4.98 Å². The SMILES string of the molecule is Cc1ccc(C)n1-c1ccc(C(=O)N2CCCC(Cc3noc(-c4cnccn4)n3)C2)cc1. The second-order valence-corrected chi connectivity index (χ2v) is 8.57. The molecule has 0 radical (unpaired) electrons. The van der Waals surface area contributed by atoms with E-state index in [0.29, 0.717) is 41.9 Å². The van der Waals surface area contributed by atoms with Gasteiger partial charge in [0.25, 0.3) is 11.8 Å². The fraction of sp³-hybridized carbons (Fsp3) is 0.320. The largest absolute Gasteiger partial charge is 0.338 e. The van der Waals surface area contributed by atoms with Gasteiger partial charge in [0.15, 0.2) is 5.82 Å². The Labute approximate surface area is 192 Å². The lowest BCUT2D eigenvalue weighted by Gasteiger charge is -2.32. The van der Waals surface area contributed by atoms with Crippen LogP contribution in [0.15, 0.2) is 59.5 Å². The molecule has 5 rings (SSSR count). The summed E-state index contributed by atoms with van der Waals surface area (Å²) in [4.78, 5) is 27.8. The van der Waals surface area contributed by atoms with E-state index in [0.717, 1.165) is 25.1 Å². The average Bonchev–Trinajstić information content (AvgIpc) is 3.45. The van der Waals surface area contributed by atoms with E-state index < -0.39 is 0 Å². The zero-order valence-corrected chi connectivity index (χ0v) is 18.8. The van der Waals surface area contributed by atoms with E-state index in [1.54, 1.807) is 18.6 Å². The van der Waals surface area contributed by atoms with Gasteiger partial charge in [0.05, 0.1) is 6.20 Å². The molecule has 1 aliphatic rings. The number of rotatable bonds is 5. The van der Waals surface area contributed by atoms with Crippen LogP contribution < -0.4 is 0 Å². The molecule has 1 aliphatic heterocycles. The number of aryl methyl sites for hydroxylation is 2. The highest BCUT2D eigenvalue weighted by atomic mass is 16.5. The Kier molecular flexibility index (Phi) is 5.73. The number of piperidine rings is 1. The predicted molar refractivity (Wildman–Crippen MR) is 123 cm³/mol. The molecule has 1 unspecified atom stereocenters. The van der Waals surface area contributed by atoms with Crippen LogP contribution >= 0.6 is 0 Å². The van der Waals surface area contributed by atoms with Crippen LogP contribution in [0, 0.1) is 19.8 Å². The van der Waals surface area contributed by atoms with Gasteiger partial charge in [-0.1, -0.05) is 5.16 Å². The smallest absolute Gasteiger partial charge is 0.278 e. The number of carbonyl (C=O) groups is 1. The van der Waals surface area contributed by atoms with Crippen molar-refractivity contribution in [3.05, 3.63) is 77.8 Å². The lowest BCUT2D eigenvalue weighted by Crippen LogP contribution is -2.40. The van der Waals surface area contributed by atoms with E-state index in [2.05, 4.69) is 50.7 Å². The molecule has 1 atom stereocenters. The van der Waals surface area contributed by atoms with Crippen LogP contribution in [0.5, 0.6) is 0 Å². The van der Waals surface area contributed by atoms with Gasteiger partial charge >= 0.3 is 0 Å². The topological polar surface area (TPSA) is 89.9 Å². The Bertz CT molecular complexity index is 1230. The highest BCUT2D eigenvalue weighted by molar-refractivity contribution is 5.94. The molecule has 0 spiro atoms. The van der Waals surface area contributed by atoms with E-state index in [1.165, 1.54) is 11.4 Å². The average molecular weight is 443 g/mol. The van der Waals surface area contributed by atoms with E-state index in [-0.39, 0.29) is 5.91 Å². The Morgan fingerprint density at radius 1 is 1.09 bits per heavy atom. The summed E-state index contributed by atoms with van der Waals surface area (Å²) in [5.74, 6) is 1.37. The molecule has 0 saturated carbocycles. The van der Waals surface area contributed by atoms with E-state index in [4.69, 9.17) is 4.52 Å². The Morgan fingerprint density at radius 2 is 1.88 bits per heavy atom. The summed E-state index contributed by atoms with van der Waals surface area (Å²) in [5.41, 5.74) is 4.69. The monoisotopic (exact) mass is 442 g/mol. The molecule has 33 heavy (non-hydrogen) atoms. The Morgan fingerprint density at radius 3 is 2.61 bits per heavy atom. The third-order valence-corrected chi connectivity index (χ3v) is 6.17. The number of carbonyl (C=O) groups excluding carboxylic acids is 1. The van der Waals surface area contributed by atoms with Gasteiger partial charge in [-0.3, -0.25) is 9.78 Å². The minimum absolute atomic E-state index is 0.0700. The van der Waals surface area contributed by atoms with Crippen molar-refractivity contribution in [3.63, 3.8) is 0 Å². The zero-order chi connectivity index (χ0) is 22.8. The molecule has 0 bridgehead atoms. The van der Waals surface area contributed by atoms with Gasteiger partial charge in [-0.15, -0.1) is 0 Å². The van der Waals surface area contributed by atoms with Crippen molar-refractivity contribution in [1.82, 2.24) is 29.6 Å². The minimum atomic E-state index is 0.0700. The van der Waals surface area contributed by atoms with Crippen LogP contribution in [-0.2, 0) is 6.42 Å². The summed E-state index contributed by atoms with van der Waals surface area (Å²) in [5, 5.41) is 4.10. The molecule has 1 aromatic carbocycles. The van der Waals surface area contributed by atoms with Crippen molar-refractivity contribution >= 4 is 5.91 Å². The van der Waals surface area contributed by atoms with E-state index >= 15 is 0 Å². The number of hydrogen-bond acceptors (Lipinski definition) is 6.